The van der Waals surface area contributed by atoms with E-state index >= 15 is 0 Å². The summed E-state index contributed by atoms with van der Waals surface area (Å²) in [5.74, 6) is -2.12. The van der Waals surface area contributed by atoms with Crippen molar-refractivity contribution in [3.63, 3.8) is 0 Å². The molecule has 1 saturated carbocycles. The van der Waals surface area contributed by atoms with Crippen molar-refractivity contribution < 1.29 is 32.6 Å². The lowest BCUT2D eigenvalue weighted by Gasteiger charge is -2.29. The highest BCUT2D eigenvalue weighted by Crippen LogP contribution is 2.34. The van der Waals surface area contributed by atoms with E-state index in [9.17, 15) is 23.2 Å². The van der Waals surface area contributed by atoms with Crippen LogP contribution >= 0.6 is 0 Å². The van der Waals surface area contributed by atoms with E-state index < -0.39 is 30.4 Å². The van der Waals surface area contributed by atoms with Gasteiger partial charge in [0.1, 0.15) is 6.61 Å². The molecular formula is C19H24F2N4O5. The molecule has 2 aliphatic rings. The van der Waals surface area contributed by atoms with Gasteiger partial charge in [-0.2, -0.15) is 8.78 Å². The van der Waals surface area contributed by atoms with Crippen LogP contribution in [-0.4, -0.2) is 67.6 Å². The van der Waals surface area contributed by atoms with Gasteiger partial charge in [0.25, 0.3) is 11.8 Å². The van der Waals surface area contributed by atoms with Crippen molar-refractivity contribution >= 4 is 29.1 Å². The number of likely N-dealkylation sites (N-methyl/N-ethyl adjacent to an activating group) is 1. The number of benzene rings is 1. The zero-order chi connectivity index (χ0) is 21.8. The molecule has 2 fully saturated rings. The fourth-order valence-corrected chi connectivity index (χ4v) is 3.49. The number of carbonyl (C=O) groups excluding carboxylic acids is 3. The Balaban J connectivity index is 1.83. The van der Waals surface area contributed by atoms with Crippen molar-refractivity contribution in [3.8, 4) is 5.75 Å². The number of nitrogens with zero attached hydrogens (tertiary/aromatic N) is 2. The molecule has 1 saturated heterocycles. The van der Waals surface area contributed by atoms with Gasteiger partial charge in [-0.05, 0) is 31.5 Å². The summed E-state index contributed by atoms with van der Waals surface area (Å²) in [6.45, 7) is -0.572. The number of amides is 3. The highest BCUT2D eigenvalue weighted by Gasteiger charge is 2.39. The molecule has 3 amide bonds. The Bertz CT molecular complexity index is 818. The molecule has 11 heteroatoms. The summed E-state index contributed by atoms with van der Waals surface area (Å²) in [5, 5.41) is 2.54. The van der Waals surface area contributed by atoms with Crippen LogP contribution in [0.1, 0.15) is 19.8 Å². The molecule has 1 aliphatic carbocycles. The lowest BCUT2D eigenvalue weighted by Crippen LogP contribution is -2.52. The fourth-order valence-electron chi connectivity index (χ4n) is 3.49. The molecule has 0 aromatic heterocycles. The minimum atomic E-state index is -3.13. The summed E-state index contributed by atoms with van der Waals surface area (Å²) in [7, 11) is 0. The van der Waals surface area contributed by atoms with E-state index in [0.29, 0.717) is 6.54 Å². The van der Waals surface area contributed by atoms with E-state index in [4.69, 9.17) is 10.5 Å². The Morgan fingerprint density at radius 3 is 2.70 bits per heavy atom. The molecule has 0 bridgehead atoms. The number of anilines is 2. The van der Waals surface area contributed by atoms with Gasteiger partial charge in [-0.15, -0.1) is 0 Å². The van der Waals surface area contributed by atoms with Crippen LogP contribution in [0.25, 0.3) is 0 Å². The van der Waals surface area contributed by atoms with Crippen LogP contribution in [0.4, 0.5) is 20.2 Å². The molecule has 1 heterocycles. The fraction of sp³-hybridized carbons (Fsp3) is 0.526. The number of ether oxygens (including phenoxy) is 2. The zero-order valence-corrected chi connectivity index (χ0v) is 16.5. The minimum absolute atomic E-state index is 0.116. The van der Waals surface area contributed by atoms with Gasteiger partial charge >= 0.3 is 6.61 Å². The van der Waals surface area contributed by atoms with Crippen molar-refractivity contribution in [1.82, 2.24) is 4.90 Å². The lowest BCUT2D eigenvalue weighted by molar-refractivity contribution is -0.132. The standard InChI is InChI=1S/C19H24F2N4O5/c1-2-24(12-4-5-12)16(17(22)27)18(28)23-11-3-6-13(14(9-11)30-19(20)21)25-7-8-29-10-15(25)26/h3,6,9,12,16,19H,2,4-5,7-8,10H2,1H3,(H2,22,27)(H,23,28)/t16-/m1/s1. The van der Waals surface area contributed by atoms with Gasteiger partial charge in [-0.3, -0.25) is 19.3 Å². The Morgan fingerprint density at radius 2 is 2.13 bits per heavy atom. The average molecular weight is 426 g/mol. The molecule has 30 heavy (non-hydrogen) atoms. The molecule has 3 rings (SSSR count). The van der Waals surface area contributed by atoms with Crippen LogP contribution in [0.3, 0.4) is 0 Å². The second kappa shape index (κ2) is 9.35. The van der Waals surface area contributed by atoms with Gasteiger partial charge < -0.3 is 25.4 Å². The van der Waals surface area contributed by atoms with E-state index in [2.05, 4.69) is 10.1 Å². The largest absolute Gasteiger partial charge is 0.433 e. The number of primary amides is 1. The number of nitrogens with one attached hydrogen (secondary N) is 1. The summed E-state index contributed by atoms with van der Waals surface area (Å²) >= 11 is 0. The summed E-state index contributed by atoms with van der Waals surface area (Å²) < 4.78 is 35.5. The van der Waals surface area contributed by atoms with Crippen LogP contribution in [0.15, 0.2) is 18.2 Å². The topological polar surface area (TPSA) is 114 Å². The van der Waals surface area contributed by atoms with Crippen LogP contribution in [-0.2, 0) is 19.1 Å². The number of hydrogen-bond donors (Lipinski definition) is 2. The average Bonchev–Trinajstić information content (AvgIpc) is 3.51. The number of morpholine rings is 1. The maximum atomic E-state index is 12.9. The number of alkyl halides is 2. The highest BCUT2D eigenvalue weighted by molar-refractivity contribution is 6.10. The third-order valence-electron chi connectivity index (χ3n) is 4.95. The van der Waals surface area contributed by atoms with Gasteiger partial charge in [0.2, 0.25) is 5.91 Å². The zero-order valence-electron chi connectivity index (χ0n) is 16.5. The molecular weight excluding hydrogens is 402 g/mol. The van der Waals surface area contributed by atoms with Crippen LogP contribution in [0.2, 0.25) is 0 Å². The summed E-state index contributed by atoms with van der Waals surface area (Å²) in [5.41, 5.74) is 5.72. The monoisotopic (exact) mass is 426 g/mol. The highest BCUT2D eigenvalue weighted by atomic mass is 19.3. The summed E-state index contributed by atoms with van der Waals surface area (Å²) in [6, 6.07) is 2.97. The molecule has 1 aromatic rings. The van der Waals surface area contributed by atoms with E-state index in [0.717, 1.165) is 12.8 Å². The molecule has 0 radical (unpaired) electrons. The summed E-state index contributed by atoms with van der Waals surface area (Å²) in [6.07, 6.45) is 1.75. The first kappa shape index (κ1) is 21.9. The molecule has 1 atom stereocenters. The maximum Gasteiger partial charge on any atom is 0.387 e. The van der Waals surface area contributed by atoms with Crippen LogP contribution in [0.5, 0.6) is 5.75 Å². The number of halogens is 2. The Labute approximate surface area is 172 Å². The number of rotatable bonds is 9. The Morgan fingerprint density at radius 1 is 1.40 bits per heavy atom. The molecule has 3 N–H and O–H groups in total. The normalized spacial score (nSPS) is 17.9. The predicted octanol–water partition coefficient (Wildman–Crippen LogP) is 0.928. The molecule has 0 unspecified atom stereocenters. The van der Waals surface area contributed by atoms with Gasteiger partial charge in [-0.25, -0.2) is 0 Å². The molecule has 1 aromatic carbocycles. The third-order valence-corrected chi connectivity index (χ3v) is 4.95. The van der Waals surface area contributed by atoms with Crippen molar-refractivity contribution in [1.29, 1.82) is 0 Å². The van der Waals surface area contributed by atoms with Crippen LogP contribution in [0, 0.1) is 0 Å². The molecule has 9 nitrogen and oxygen atoms in total. The predicted molar refractivity (Wildman–Crippen MR) is 103 cm³/mol. The number of hydrogen-bond acceptors (Lipinski definition) is 6. The SMILES string of the molecule is CCN(C1CC1)[C@H](C(N)=O)C(=O)Nc1ccc(N2CCOCC2=O)c(OC(F)F)c1. The van der Waals surface area contributed by atoms with E-state index in [1.54, 1.807) is 4.90 Å². The van der Waals surface area contributed by atoms with E-state index in [1.165, 1.54) is 23.1 Å². The Hall–Kier alpha value is -2.79. The quantitative estimate of drug-likeness (QED) is 0.568. The second-order valence-corrected chi connectivity index (χ2v) is 7.01. The van der Waals surface area contributed by atoms with Gasteiger partial charge in [0.05, 0.1) is 12.3 Å². The maximum absolute atomic E-state index is 12.9. The third kappa shape index (κ3) is 5.03. The van der Waals surface area contributed by atoms with E-state index in [-0.39, 0.29) is 42.9 Å². The van der Waals surface area contributed by atoms with Gasteiger partial charge in [0, 0.05) is 24.3 Å². The molecule has 1 aliphatic heterocycles. The first-order valence-electron chi connectivity index (χ1n) is 9.64. The van der Waals surface area contributed by atoms with Crippen molar-refractivity contribution in [2.45, 2.75) is 38.5 Å². The van der Waals surface area contributed by atoms with Gasteiger partial charge in [0.15, 0.2) is 11.8 Å². The lowest BCUT2D eigenvalue weighted by atomic mass is 10.1. The minimum Gasteiger partial charge on any atom is -0.433 e. The van der Waals surface area contributed by atoms with Crippen molar-refractivity contribution in [2.75, 3.05) is 36.5 Å². The molecule has 0 spiro atoms. The summed E-state index contributed by atoms with van der Waals surface area (Å²) in [4.78, 5) is 39.7. The first-order chi connectivity index (χ1) is 14.3. The molecule has 164 valence electrons. The smallest absolute Gasteiger partial charge is 0.387 e. The van der Waals surface area contributed by atoms with Gasteiger partial charge in [-0.1, -0.05) is 6.92 Å². The van der Waals surface area contributed by atoms with Crippen molar-refractivity contribution in [2.24, 2.45) is 5.73 Å². The van der Waals surface area contributed by atoms with Crippen LogP contribution < -0.4 is 20.7 Å². The first-order valence-corrected chi connectivity index (χ1v) is 9.64. The number of carbonyl (C=O) groups is 3. The van der Waals surface area contributed by atoms with E-state index in [1.807, 2.05) is 6.92 Å². The number of nitrogens with two attached hydrogens (primary N) is 1. The van der Waals surface area contributed by atoms with Crippen molar-refractivity contribution in [3.05, 3.63) is 18.2 Å². The Kier molecular flexibility index (Phi) is 6.83. The second-order valence-electron chi connectivity index (χ2n) is 7.01.